The summed E-state index contributed by atoms with van der Waals surface area (Å²) in [5, 5.41) is 0. The molecule has 0 aliphatic rings. The molecule has 0 aliphatic heterocycles. The maximum Gasteiger partial charge on any atom is 0.359 e. The Morgan fingerprint density at radius 2 is 1.55 bits per heavy atom. The lowest BCUT2D eigenvalue weighted by Crippen LogP contribution is -2.35. The average molecular weight is 413 g/mol. The third kappa shape index (κ3) is 5.36. The molecule has 2 heterocycles. The number of hydrogen-bond donors (Lipinski definition) is 0. The number of fused-ring (bicyclic) bond motifs is 1. The van der Waals surface area contributed by atoms with Crippen molar-refractivity contribution in [3.05, 3.63) is 108 Å². The van der Waals surface area contributed by atoms with Crippen LogP contribution >= 0.6 is 0 Å². The van der Waals surface area contributed by atoms with Crippen molar-refractivity contribution in [2.45, 2.75) is 13.0 Å². The zero-order valence-electron chi connectivity index (χ0n) is 17.1. The number of pyridine rings is 1. The molecule has 0 fully saturated rings. The van der Waals surface area contributed by atoms with Crippen LogP contribution in [-0.4, -0.2) is 39.3 Å². The fourth-order valence-corrected chi connectivity index (χ4v) is 3.33. The number of carbonyl (C=O) groups is 2. The van der Waals surface area contributed by atoms with Gasteiger partial charge in [-0.05, 0) is 29.7 Å². The third-order valence-corrected chi connectivity index (χ3v) is 4.98. The third-order valence-electron chi connectivity index (χ3n) is 4.98. The second kappa shape index (κ2) is 9.71. The predicted molar refractivity (Wildman–Crippen MR) is 117 cm³/mol. The van der Waals surface area contributed by atoms with Gasteiger partial charge in [0.25, 0.3) is 5.91 Å². The fourth-order valence-electron chi connectivity index (χ4n) is 3.33. The van der Waals surface area contributed by atoms with E-state index in [1.165, 1.54) is 0 Å². The van der Waals surface area contributed by atoms with E-state index in [4.69, 9.17) is 4.74 Å². The van der Waals surface area contributed by atoms with Gasteiger partial charge in [-0.25, -0.2) is 9.78 Å². The minimum Gasteiger partial charge on any atom is -0.451 e. The highest BCUT2D eigenvalue weighted by molar-refractivity contribution is 5.90. The molecule has 0 aliphatic carbocycles. The molecule has 0 saturated carbocycles. The molecule has 4 aromatic rings. The number of hydrogen-bond acceptors (Lipinski definition) is 4. The highest BCUT2D eigenvalue weighted by Crippen LogP contribution is 2.10. The summed E-state index contributed by atoms with van der Waals surface area (Å²) in [6, 6.07) is 25.3. The molecule has 0 bridgehead atoms. The molecule has 31 heavy (non-hydrogen) atoms. The molecule has 2 aromatic carbocycles. The molecule has 2 aromatic heterocycles. The first kappa shape index (κ1) is 20.3. The number of imidazole rings is 1. The molecular weight excluding hydrogens is 390 g/mol. The van der Waals surface area contributed by atoms with E-state index in [0.29, 0.717) is 18.7 Å². The van der Waals surface area contributed by atoms with Crippen LogP contribution in [0, 0.1) is 0 Å². The Balaban J connectivity index is 1.40. The number of amides is 1. The molecule has 0 saturated heterocycles. The molecule has 0 radical (unpaired) electrons. The van der Waals surface area contributed by atoms with Crippen LogP contribution in [0.5, 0.6) is 0 Å². The van der Waals surface area contributed by atoms with Gasteiger partial charge in [0.2, 0.25) is 0 Å². The van der Waals surface area contributed by atoms with Gasteiger partial charge in [0.15, 0.2) is 12.3 Å². The van der Waals surface area contributed by atoms with E-state index in [1.54, 1.807) is 27.8 Å². The maximum absolute atomic E-state index is 12.9. The Morgan fingerprint density at radius 1 is 0.871 bits per heavy atom. The minimum absolute atomic E-state index is 0.179. The maximum atomic E-state index is 12.9. The molecule has 4 rings (SSSR count). The van der Waals surface area contributed by atoms with E-state index in [2.05, 4.69) is 4.98 Å². The smallest absolute Gasteiger partial charge is 0.359 e. The summed E-state index contributed by atoms with van der Waals surface area (Å²) in [7, 11) is 0. The van der Waals surface area contributed by atoms with Crippen LogP contribution in [-0.2, 0) is 22.5 Å². The molecular formula is C25H23N3O3. The number of esters is 1. The second-order valence-electron chi connectivity index (χ2n) is 7.20. The number of benzene rings is 2. The summed E-state index contributed by atoms with van der Waals surface area (Å²) < 4.78 is 7.02. The molecule has 6 nitrogen and oxygen atoms in total. The Hall–Kier alpha value is -3.93. The van der Waals surface area contributed by atoms with Crippen molar-refractivity contribution in [1.82, 2.24) is 14.3 Å². The molecule has 0 N–H and O–H groups in total. The van der Waals surface area contributed by atoms with E-state index in [-0.39, 0.29) is 18.2 Å². The van der Waals surface area contributed by atoms with Crippen LogP contribution in [0.4, 0.5) is 0 Å². The number of carbonyl (C=O) groups excluding carboxylic acids is 2. The topological polar surface area (TPSA) is 63.9 Å². The van der Waals surface area contributed by atoms with Crippen molar-refractivity contribution in [2.75, 3.05) is 13.2 Å². The largest absolute Gasteiger partial charge is 0.451 e. The number of ether oxygens (including phenoxy) is 1. The van der Waals surface area contributed by atoms with Gasteiger partial charge < -0.3 is 14.0 Å². The van der Waals surface area contributed by atoms with Crippen molar-refractivity contribution in [3.8, 4) is 0 Å². The van der Waals surface area contributed by atoms with Gasteiger partial charge >= 0.3 is 5.97 Å². The Bertz CT molecular complexity index is 1120. The zero-order valence-corrected chi connectivity index (χ0v) is 17.1. The highest BCUT2D eigenvalue weighted by Gasteiger charge is 2.18. The predicted octanol–water partition coefficient (Wildman–Crippen LogP) is 3.76. The van der Waals surface area contributed by atoms with Gasteiger partial charge in [-0.1, -0.05) is 66.7 Å². The molecule has 1 amide bonds. The van der Waals surface area contributed by atoms with E-state index in [9.17, 15) is 9.59 Å². The summed E-state index contributed by atoms with van der Waals surface area (Å²) in [4.78, 5) is 31.3. The van der Waals surface area contributed by atoms with Crippen molar-refractivity contribution in [1.29, 1.82) is 0 Å². The van der Waals surface area contributed by atoms with Gasteiger partial charge in [0.05, 0.1) is 0 Å². The summed E-state index contributed by atoms with van der Waals surface area (Å²) in [5.74, 6) is -0.850. The second-order valence-corrected chi connectivity index (χ2v) is 7.20. The van der Waals surface area contributed by atoms with E-state index in [1.807, 2.05) is 72.8 Å². The van der Waals surface area contributed by atoms with Gasteiger partial charge in [0, 0.05) is 25.5 Å². The zero-order chi connectivity index (χ0) is 21.5. The lowest BCUT2D eigenvalue weighted by Gasteiger charge is -2.23. The lowest BCUT2D eigenvalue weighted by atomic mass is 10.1. The van der Waals surface area contributed by atoms with Crippen LogP contribution in [0.1, 0.15) is 21.6 Å². The number of rotatable bonds is 8. The summed E-state index contributed by atoms with van der Waals surface area (Å²) >= 11 is 0. The Morgan fingerprint density at radius 3 is 2.26 bits per heavy atom. The van der Waals surface area contributed by atoms with E-state index >= 15 is 0 Å². The minimum atomic E-state index is -0.611. The molecule has 156 valence electrons. The number of nitrogens with zero attached hydrogens (tertiary/aromatic N) is 3. The number of aromatic nitrogens is 2. The van der Waals surface area contributed by atoms with Crippen LogP contribution in [0.25, 0.3) is 5.65 Å². The first-order valence-corrected chi connectivity index (χ1v) is 10.2. The quantitative estimate of drug-likeness (QED) is 0.413. The summed E-state index contributed by atoms with van der Waals surface area (Å²) in [6.07, 6.45) is 4.12. The lowest BCUT2D eigenvalue weighted by molar-refractivity contribution is -0.135. The van der Waals surface area contributed by atoms with Crippen LogP contribution in [0.15, 0.2) is 91.3 Å². The van der Waals surface area contributed by atoms with Crippen molar-refractivity contribution in [3.63, 3.8) is 0 Å². The average Bonchev–Trinajstić information content (AvgIpc) is 3.26. The Kier molecular flexibility index (Phi) is 6.38. The summed E-state index contributed by atoms with van der Waals surface area (Å²) in [5.41, 5.74) is 3.00. The van der Waals surface area contributed by atoms with Gasteiger partial charge in [-0.2, -0.15) is 0 Å². The highest BCUT2D eigenvalue weighted by atomic mass is 16.5. The standard InChI is InChI=1S/C25H23N3O3/c29-24(19-31-25(30)22-18-27-15-8-7-13-23(27)26-22)28(17-21-11-5-2-6-12-21)16-14-20-9-3-1-4-10-20/h1-13,15,18H,14,16-17,19H2. The normalized spacial score (nSPS) is 10.7. The van der Waals surface area contributed by atoms with Crippen molar-refractivity contribution >= 4 is 17.5 Å². The first-order valence-electron chi connectivity index (χ1n) is 10.2. The van der Waals surface area contributed by atoms with Crippen molar-refractivity contribution < 1.29 is 14.3 Å². The van der Waals surface area contributed by atoms with E-state index in [0.717, 1.165) is 17.5 Å². The SMILES string of the molecule is O=C(OCC(=O)N(CCc1ccccc1)Cc1ccccc1)c1cn2ccccc2n1. The van der Waals surface area contributed by atoms with E-state index < -0.39 is 5.97 Å². The van der Waals surface area contributed by atoms with Crippen LogP contribution in [0.3, 0.4) is 0 Å². The van der Waals surface area contributed by atoms with Crippen LogP contribution in [0.2, 0.25) is 0 Å². The summed E-state index contributed by atoms with van der Waals surface area (Å²) in [6.45, 7) is 0.663. The molecule has 0 spiro atoms. The first-order chi connectivity index (χ1) is 15.2. The molecule has 0 unspecified atom stereocenters. The fraction of sp³-hybridized carbons (Fsp3) is 0.160. The molecule has 6 heteroatoms. The Labute approximate surface area is 180 Å². The van der Waals surface area contributed by atoms with Gasteiger partial charge in [-0.15, -0.1) is 0 Å². The van der Waals surface area contributed by atoms with Gasteiger partial charge in [-0.3, -0.25) is 4.79 Å². The van der Waals surface area contributed by atoms with Gasteiger partial charge in [0.1, 0.15) is 5.65 Å². The van der Waals surface area contributed by atoms with Crippen LogP contribution < -0.4 is 0 Å². The monoisotopic (exact) mass is 413 g/mol. The molecule has 0 atom stereocenters. The van der Waals surface area contributed by atoms with Crippen molar-refractivity contribution in [2.24, 2.45) is 0 Å².